The molecule has 0 aliphatic carbocycles. The van der Waals surface area contributed by atoms with Crippen molar-refractivity contribution in [2.75, 3.05) is 19.7 Å². The van der Waals surface area contributed by atoms with Crippen molar-refractivity contribution in [3.8, 4) is 0 Å². The van der Waals surface area contributed by atoms with Gasteiger partial charge in [0.15, 0.2) is 0 Å². The molecule has 2 aliphatic heterocycles. The summed E-state index contributed by atoms with van der Waals surface area (Å²) in [5, 5.41) is 6.10. The fourth-order valence-corrected chi connectivity index (χ4v) is 1.61. The Morgan fingerprint density at radius 2 is 2.45 bits per heavy atom. The number of ether oxygens (including phenoxy) is 1. The average molecular weight is 156 g/mol. The minimum absolute atomic E-state index is 0.00921. The average Bonchev–Trinajstić information content (AvgIpc) is 2.04. The number of piperidine rings is 1. The number of hydrogen-bond donors (Lipinski definition) is 2. The molecular formula is C7H12N2O2. The van der Waals surface area contributed by atoms with Gasteiger partial charge in [-0.15, -0.1) is 0 Å². The molecule has 1 amide bonds. The molecule has 0 saturated carbocycles. The second-order valence-electron chi connectivity index (χ2n) is 3.02. The SMILES string of the molecule is O=C1CO[C@@H]2CCNCC2N1. The summed E-state index contributed by atoms with van der Waals surface area (Å²) in [5.41, 5.74) is 0. The Balaban J connectivity index is 1.98. The van der Waals surface area contributed by atoms with Gasteiger partial charge in [0.25, 0.3) is 0 Å². The lowest BCUT2D eigenvalue weighted by Crippen LogP contribution is -2.59. The minimum Gasteiger partial charge on any atom is -0.366 e. The van der Waals surface area contributed by atoms with E-state index in [-0.39, 0.29) is 24.7 Å². The predicted octanol–water partition coefficient (Wildman–Crippen LogP) is -1.14. The number of morpholine rings is 1. The molecule has 2 N–H and O–H groups in total. The standard InChI is InChI=1S/C7H12N2O2/c10-7-4-11-6-1-2-8-3-5(6)9-7/h5-6,8H,1-4H2,(H,9,10)/t5?,6-/m1/s1. The van der Waals surface area contributed by atoms with Crippen LogP contribution in [0.2, 0.25) is 0 Å². The summed E-state index contributed by atoms with van der Waals surface area (Å²) in [6.45, 7) is 2.08. The van der Waals surface area contributed by atoms with E-state index in [0.29, 0.717) is 0 Å². The molecule has 0 aromatic heterocycles. The molecule has 2 saturated heterocycles. The van der Waals surface area contributed by atoms with Crippen molar-refractivity contribution in [2.24, 2.45) is 0 Å². The van der Waals surface area contributed by atoms with Gasteiger partial charge in [0.05, 0.1) is 12.1 Å². The van der Waals surface area contributed by atoms with Crippen LogP contribution in [0.3, 0.4) is 0 Å². The molecule has 2 atom stereocenters. The first-order chi connectivity index (χ1) is 5.36. The van der Waals surface area contributed by atoms with Crippen molar-refractivity contribution >= 4 is 5.91 Å². The molecule has 11 heavy (non-hydrogen) atoms. The molecule has 62 valence electrons. The van der Waals surface area contributed by atoms with E-state index >= 15 is 0 Å². The van der Waals surface area contributed by atoms with Crippen molar-refractivity contribution in [1.29, 1.82) is 0 Å². The summed E-state index contributed by atoms with van der Waals surface area (Å²) in [4.78, 5) is 10.9. The normalized spacial score (nSPS) is 37.6. The highest BCUT2D eigenvalue weighted by molar-refractivity contribution is 5.78. The van der Waals surface area contributed by atoms with Gasteiger partial charge in [-0.1, -0.05) is 0 Å². The second kappa shape index (κ2) is 2.79. The summed E-state index contributed by atoms with van der Waals surface area (Å²) in [7, 11) is 0. The Hall–Kier alpha value is -0.610. The summed E-state index contributed by atoms with van der Waals surface area (Å²) in [6, 6.07) is 0.199. The minimum atomic E-state index is 0.00921. The van der Waals surface area contributed by atoms with Crippen LogP contribution in [0.25, 0.3) is 0 Å². The van der Waals surface area contributed by atoms with Gasteiger partial charge in [0, 0.05) is 6.54 Å². The molecular weight excluding hydrogens is 144 g/mol. The first-order valence-corrected chi connectivity index (χ1v) is 3.98. The van der Waals surface area contributed by atoms with Crippen LogP contribution in [0.1, 0.15) is 6.42 Å². The Morgan fingerprint density at radius 3 is 3.36 bits per heavy atom. The Morgan fingerprint density at radius 1 is 1.55 bits per heavy atom. The van der Waals surface area contributed by atoms with Gasteiger partial charge in [-0.25, -0.2) is 0 Å². The van der Waals surface area contributed by atoms with Crippen LogP contribution >= 0.6 is 0 Å². The van der Waals surface area contributed by atoms with Gasteiger partial charge in [0.1, 0.15) is 6.61 Å². The van der Waals surface area contributed by atoms with E-state index in [4.69, 9.17) is 4.74 Å². The quantitative estimate of drug-likeness (QED) is 0.466. The van der Waals surface area contributed by atoms with Gasteiger partial charge in [-0.2, -0.15) is 0 Å². The molecule has 2 rings (SSSR count). The third-order valence-corrected chi connectivity index (χ3v) is 2.19. The van der Waals surface area contributed by atoms with Crippen molar-refractivity contribution < 1.29 is 9.53 Å². The Bertz CT molecular complexity index is 172. The lowest BCUT2D eigenvalue weighted by molar-refractivity contribution is -0.138. The van der Waals surface area contributed by atoms with Crippen LogP contribution in [-0.4, -0.2) is 37.7 Å². The summed E-state index contributed by atoms with van der Waals surface area (Å²) in [5.74, 6) is 0.00921. The number of nitrogens with one attached hydrogen (secondary N) is 2. The third kappa shape index (κ3) is 1.36. The molecule has 0 bridgehead atoms. The number of carbonyl (C=O) groups is 1. The molecule has 2 aliphatic rings. The van der Waals surface area contributed by atoms with Crippen molar-refractivity contribution in [2.45, 2.75) is 18.6 Å². The van der Waals surface area contributed by atoms with Crippen molar-refractivity contribution in [3.05, 3.63) is 0 Å². The molecule has 2 fully saturated rings. The highest BCUT2D eigenvalue weighted by Crippen LogP contribution is 2.11. The fraction of sp³-hybridized carbons (Fsp3) is 0.857. The fourth-order valence-electron chi connectivity index (χ4n) is 1.61. The van der Waals surface area contributed by atoms with Crippen LogP contribution in [0.4, 0.5) is 0 Å². The van der Waals surface area contributed by atoms with Crippen LogP contribution in [-0.2, 0) is 9.53 Å². The van der Waals surface area contributed by atoms with E-state index in [2.05, 4.69) is 10.6 Å². The number of amides is 1. The van der Waals surface area contributed by atoms with Crippen LogP contribution in [0.5, 0.6) is 0 Å². The molecule has 0 radical (unpaired) electrons. The zero-order chi connectivity index (χ0) is 7.68. The van der Waals surface area contributed by atoms with Crippen molar-refractivity contribution in [3.63, 3.8) is 0 Å². The topological polar surface area (TPSA) is 50.4 Å². The van der Waals surface area contributed by atoms with Gasteiger partial charge in [0.2, 0.25) is 5.91 Å². The second-order valence-corrected chi connectivity index (χ2v) is 3.02. The van der Waals surface area contributed by atoms with Crippen molar-refractivity contribution in [1.82, 2.24) is 10.6 Å². The molecule has 0 aromatic rings. The van der Waals surface area contributed by atoms with Gasteiger partial charge >= 0.3 is 0 Å². The smallest absolute Gasteiger partial charge is 0.246 e. The van der Waals surface area contributed by atoms with E-state index < -0.39 is 0 Å². The maximum Gasteiger partial charge on any atom is 0.246 e. The molecule has 0 spiro atoms. The highest BCUT2D eigenvalue weighted by atomic mass is 16.5. The largest absolute Gasteiger partial charge is 0.366 e. The molecule has 0 aromatic carbocycles. The number of hydrogen-bond acceptors (Lipinski definition) is 3. The van der Waals surface area contributed by atoms with Crippen LogP contribution < -0.4 is 10.6 Å². The Kier molecular flexibility index (Phi) is 1.79. The zero-order valence-electron chi connectivity index (χ0n) is 6.30. The molecule has 4 nitrogen and oxygen atoms in total. The first-order valence-electron chi connectivity index (χ1n) is 3.98. The maximum atomic E-state index is 10.9. The number of rotatable bonds is 0. The third-order valence-electron chi connectivity index (χ3n) is 2.19. The van der Waals surface area contributed by atoms with Gasteiger partial charge < -0.3 is 15.4 Å². The lowest BCUT2D eigenvalue weighted by atomic mass is 10.0. The molecule has 4 heteroatoms. The lowest BCUT2D eigenvalue weighted by Gasteiger charge is -2.35. The summed E-state index contributed by atoms with van der Waals surface area (Å²) in [6.07, 6.45) is 1.25. The van der Waals surface area contributed by atoms with Gasteiger partial charge in [-0.3, -0.25) is 4.79 Å². The Labute approximate surface area is 65.3 Å². The van der Waals surface area contributed by atoms with E-state index in [1.807, 2.05) is 0 Å². The van der Waals surface area contributed by atoms with Gasteiger partial charge in [-0.05, 0) is 13.0 Å². The van der Waals surface area contributed by atoms with E-state index in [1.54, 1.807) is 0 Å². The van der Waals surface area contributed by atoms with Crippen LogP contribution in [0.15, 0.2) is 0 Å². The number of fused-ring (bicyclic) bond motifs is 1. The predicted molar refractivity (Wildman–Crippen MR) is 39.2 cm³/mol. The molecule has 2 heterocycles. The van der Waals surface area contributed by atoms with E-state index in [9.17, 15) is 4.79 Å². The highest BCUT2D eigenvalue weighted by Gasteiger charge is 2.31. The molecule has 1 unspecified atom stereocenters. The monoisotopic (exact) mass is 156 g/mol. The first kappa shape index (κ1) is 7.06. The maximum absolute atomic E-state index is 10.9. The van der Waals surface area contributed by atoms with E-state index in [0.717, 1.165) is 19.5 Å². The van der Waals surface area contributed by atoms with Crippen LogP contribution in [0, 0.1) is 0 Å². The van der Waals surface area contributed by atoms with E-state index in [1.165, 1.54) is 0 Å². The summed E-state index contributed by atoms with van der Waals surface area (Å²) < 4.78 is 5.34. The number of carbonyl (C=O) groups excluding carboxylic acids is 1. The zero-order valence-corrected chi connectivity index (χ0v) is 6.30. The summed E-state index contributed by atoms with van der Waals surface area (Å²) >= 11 is 0.